The van der Waals surface area contributed by atoms with Gasteiger partial charge in [0, 0.05) is 26.4 Å². The number of carbonyl (C=O) groups excluding carboxylic acids is 2. The number of benzene rings is 1. The van der Waals surface area contributed by atoms with Crippen LogP contribution >= 0.6 is 0 Å². The standard InChI is InChI=1S/C16H23NO5/c1-11(2)17-9-16(22-13(4)19)10-20-14-5-7-15(8-6-14)21-12(3)18/h5-8,11,16-17H,9-10H2,1-4H3. The maximum atomic E-state index is 11.1. The van der Waals surface area contributed by atoms with E-state index in [0.717, 1.165) is 0 Å². The zero-order valence-corrected chi connectivity index (χ0v) is 13.4. The Morgan fingerprint density at radius 2 is 1.64 bits per heavy atom. The van der Waals surface area contributed by atoms with Crippen molar-refractivity contribution in [3.05, 3.63) is 24.3 Å². The molecule has 1 N–H and O–H groups in total. The fourth-order valence-corrected chi connectivity index (χ4v) is 1.70. The largest absolute Gasteiger partial charge is 0.490 e. The van der Waals surface area contributed by atoms with Crippen LogP contribution in [0.15, 0.2) is 24.3 Å². The zero-order chi connectivity index (χ0) is 16.5. The molecule has 0 radical (unpaired) electrons. The number of nitrogens with one attached hydrogen (secondary N) is 1. The Balaban J connectivity index is 2.52. The van der Waals surface area contributed by atoms with E-state index in [2.05, 4.69) is 5.32 Å². The maximum Gasteiger partial charge on any atom is 0.308 e. The Hall–Kier alpha value is -2.08. The second kappa shape index (κ2) is 9.04. The molecular weight excluding hydrogens is 286 g/mol. The Labute approximate surface area is 130 Å². The zero-order valence-electron chi connectivity index (χ0n) is 13.4. The van der Waals surface area contributed by atoms with Gasteiger partial charge in [-0.25, -0.2) is 0 Å². The Morgan fingerprint density at radius 1 is 1.05 bits per heavy atom. The molecule has 22 heavy (non-hydrogen) atoms. The third-order valence-electron chi connectivity index (χ3n) is 2.61. The second-order valence-corrected chi connectivity index (χ2v) is 5.17. The van der Waals surface area contributed by atoms with Crippen LogP contribution in [-0.4, -0.2) is 37.2 Å². The van der Waals surface area contributed by atoms with Crippen molar-refractivity contribution in [2.75, 3.05) is 13.2 Å². The van der Waals surface area contributed by atoms with Gasteiger partial charge >= 0.3 is 11.9 Å². The molecule has 0 fully saturated rings. The van der Waals surface area contributed by atoms with Crippen LogP contribution in [0.4, 0.5) is 0 Å². The van der Waals surface area contributed by atoms with E-state index in [0.29, 0.717) is 24.1 Å². The predicted molar refractivity (Wildman–Crippen MR) is 81.9 cm³/mol. The van der Waals surface area contributed by atoms with E-state index in [4.69, 9.17) is 14.2 Å². The highest BCUT2D eigenvalue weighted by Crippen LogP contribution is 2.18. The molecule has 0 aliphatic carbocycles. The van der Waals surface area contributed by atoms with E-state index in [-0.39, 0.29) is 24.6 Å². The number of hydrogen-bond donors (Lipinski definition) is 1. The number of esters is 2. The van der Waals surface area contributed by atoms with Crippen molar-refractivity contribution in [1.29, 1.82) is 0 Å². The van der Waals surface area contributed by atoms with Crippen molar-refractivity contribution in [3.63, 3.8) is 0 Å². The van der Waals surface area contributed by atoms with Crippen molar-refractivity contribution >= 4 is 11.9 Å². The molecule has 1 unspecified atom stereocenters. The van der Waals surface area contributed by atoms with Crippen molar-refractivity contribution in [2.45, 2.75) is 39.8 Å². The highest BCUT2D eigenvalue weighted by molar-refractivity contribution is 5.69. The van der Waals surface area contributed by atoms with Crippen molar-refractivity contribution in [2.24, 2.45) is 0 Å². The van der Waals surface area contributed by atoms with Gasteiger partial charge in [-0.1, -0.05) is 13.8 Å². The molecule has 6 heteroatoms. The third kappa shape index (κ3) is 7.64. The topological polar surface area (TPSA) is 73.9 Å². The van der Waals surface area contributed by atoms with Gasteiger partial charge in [-0.15, -0.1) is 0 Å². The first-order valence-electron chi connectivity index (χ1n) is 7.18. The first kappa shape index (κ1) is 18.0. The summed E-state index contributed by atoms with van der Waals surface area (Å²) in [6.45, 7) is 7.50. The molecule has 0 amide bonds. The van der Waals surface area contributed by atoms with Crippen LogP contribution in [0.3, 0.4) is 0 Å². The van der Waals surface area contributed by atoms with Gasteiger partial charge in [0.05, 0.1) is 0 Å². The van der Waals surface area contributed by atoms with Crippen molar-refractivity contribution in [1.82, 2.24) is 5.32 Å². The summed E-state index contributed by atoms with van der Waals surface area (Å²) in [6.07, 6.45) is -0.368. The van der Waals surface area contributed by atoms with Gasteiger partial charge in [0.15, 0.2) is 0 Å². The van der Waals surface area contributed by atoms with E-state index in [9.17, 15) is 9.59 Å². The van der Waals surface area contributed by atoms with E-state index in [1.54, 1.807) is 24.3 Å². The summed E-state index contributed by atoms with van der Waals surface area (Å²) >= 11 is 0. The molecule has 1 aromatic rings. The Bertz CT molecular complexity index is 484. The molecular formula is C16H23NO5. The van der Waals surface area contributed by atoms with Crippen LogP contribution < -0.4 is 14.8 Å². The molecule has 0 heterocycles. The van der Waals surface area contributed by atoms with Crippen LogP contribution in [0.25, 0.3) is 0 Å². The third-order valence-corrected chi connectivity index (χ3v) is 2.61. The molecule has 0 bridgehead atoms. The fourth-order valence-electron chi connectivity index (χ4n) is 1.70. The second-order valence-electron chi connectivity index (χ2n) is 5.17. The van der Waals surface area contributed by atoms with Gasteiger partial charge < -0.3 is 19.5 Å². The van der Waals surface area contributed by atoms with Gasteiger partial charge in [0.25, 0.3) is 0 Å². The van der Waals surface area contributed by atoms with Crippen LogP contribution in [0, 0.1) is 0 Å². The first-order chi connectivity index (χ1) is 10.4. The molecule has 0 saturated carbocycles. The first-order valence-corrected chi connectivity index (χ1v) is 7.18. The summed E-state index contributed by atoms with van der Waals surface area (Å²) in [5.74, 6) is 0.350. The molecule has 122 valence electrons. The molecule has 0 aliphatic heterocycles. The highest BCUT2D eigenvalue weighted by atomic mass is 16.6. The lowest BCUT2D eigenvalue weighted by Crippen LogP contribution is -2.38. The molecule has 0 aromatic heterocycles. The number of rotatable bonds is 8. The van der Waals surface area contributed by atoms with E-state index < -0.39 is 0 Å². The minimum absolute atomic E-state index is 0.242. The molecule has 0 saturated heterocycles. The van der Waals surface area contributed by atoms with Crippen LogP contribution in [0.2, 0.25) is 0 Å². The summed E-state index contributed by atoms with van der Waals surface area (Å²) < 4.78 is 15.7. The lowest BCUT2D eigenvalue weighted by Gasteiger charge is -2.19. The van der Waals surface area contributed by atoms with Crippen LogP contribution in [-0.2, 0) is 14.3 Å². The van der Waals surface area contributed by atoms with E-state index in [1.165, 1.54) is 13.8 Å². The van der Waals surface area contributed by atoms with Gasteiger partial charge in [-0.05, 0) is 24.3 Å². The minimum atomic E-state index is -0.372. The van der Waals surface area contributed by atoms with Crippen molar-refractivity contribution < 1.29 is 23.8 Å². The summed E-state index contributed by atoms with van der Waals surface area (Å²) in [7, 11) is 0. The number of hydrogen-bond acceptors (Lipinski definition) is 6. The Kier molecular flexibility index (Phi) is 7.39. The molecule has 0 spiro atoms. The number of carbonyl (C=O) groups is 2. The summed E-state index contributed by atoms with van der Waals surface area (Å²) in [5.41, 5.74) is 0. The van der Waals surface area contributed by atoms with Gasteiger partial charge in [-0.3, -0.25) is 9.59 Å². The van der Waals surface area contributed by atoms with Gasteiger partial charge in [0.1, 0.15) is 24.2 Å². The SMILES string of the molecule is CC(=O)Oc1ccc(OCC(CNC(C)C)OC(C)=O)cc1. The summed E-state index contributed by atoms with van der Waals surface area (Å²) in [4.78, 5) is 21.9. The van der Waals surface area contributed by atoms with E-state index >= 15 is 0 Å². The van der Waals surface area contributed by atoms with Gasteiger partial charge in [-0.2, -0.15) is 0 Å². The maximum absolute atomic E-state index is 11.1. The predicted octanol–water partition coefficient (Wildman–Crippen LogP) is 1.92. The van der Waals surface area contributed by atoms with E-state index in [1.807, 2.05) is 13.8 Å². The van der Waals surface area contributed by atoms with Crippen LogP contribution in [0.5, 0.6) is 11.5 Å². The average molecular weight is 309 g/mol. The lowest BCUT2D eigenvalue weighted by atomic mass is 10.3. The monoisotopic (exact) mass is 309 g/mol. The average Bonchev–Trinajstić information content (AvgIpc) is 2.42. The number of ether oxygens (including phenoxy) is 3. The summed E-state index contributed by atoms with van der Waals surface area (Å²) in [6, 6.07) is 6.97. The molecule has 1 atom stereocenters. The lowest BCUT2D eigenvalue weighted by molar-refractivity contribution is -0.147. The van der Waals surface area contributed by atoms with Gasteiger partial charge in [0.2, 0.25) is 0 Å². The molecule has 1 aromatic carbocycles. The minimum Gasteiger partial charge on any atom is -0.490 e. The molecule has 1 rings (SSSR count). The normalized spacial score (nSPS) is 11.9. The molecule has 6 nitrogen and oxygen atoms in total. The smallest absolute Gasteiger partial charge is 0.308 e. The Morgan fingerprint density at radius 3 is 2.14 bits per heavy atom. The summed E-state index contributed by atoms with van der Waals surface area (Å²) in [5, 5.41) is 3.20. The van der Waals surface area contributed by atoms with Crippen molar-refractivity contribution in [3.8, 4) is 11.5 Å². The fraction of sp³-hybridized carbons (Fsp3) is 0.500. The molecule has 0 aliphatic rings. The quantitative estimate of drug-likeness (QED) is 0.584. The van der Waals surface area contributed by atoms with Crippen LogP contribution in [0.1, 0.15) is 27.7 Å². The highest BCUT2D eigenvalue weighted by Gasteiger charge is 2.13.